The Morgan fingerprint density at radius 2 is 1.63 bits per heavy atom. The van der Waals surface area contributed by atoms with Crippen molar-refractivity contribution in [2.24, 2.45) is 0 Å². The van der Waals surface area contributed by atoms with Crippen LogP contribution in [0, 0.1) is 5.82 Å². The van der Waals surface area contributed by atoms with Gasteiger partial charge < -0.3 is 19.0 Å². The first-order chi connectivity index (χ1) is 21.7. The van der Waals surface area contributed by atoms with Crippen LogP contribution in [0.1, 0.15) is 87.2 Å². The zero-order valence-electron chi connectivity index (χ0n) is 27.1. The summed E-state index contributed by atoms with van der Waals surface area (Å²) in [7, 11) is -2.63. The van der Waals surface area contributed by atoms with Crippen LogP contribution in [0.25, 0.3) is 22.3 Å². The van der Waals surface area contributed by atoms with Gasteiger partial charge in [0.15, 0.2) is 0 Å². The van der Waals surface area contributed by atoms with Crippen LogP contribution in [0.15, 0.2) is 65.1 Å². The van der Waals surface area contributed by atoms with Crippen LogP contribution in [-0.2, 0) is 19.3 Å². The molecule has 8 nitrogen and oxygen atoms in total. The van der Waals surface area contributed by atoms with Crippen LogP contribution >= 0.6 is 0 Å². The number of furan rings is 1. The number of anilines is 1. The van der Waals surface area contributed by atoms with E-state index in [9.17, 15) is 17.6 Å². The molecule has 2 heterocycles. The van der Waals surface area contributed by atoms with Gasteiger partial charge in [0.2, 0.25) is 10.0 Å². The maximum atomic E-state index is 13.6. The number of fused-ring (bicyclic) bond motifs is 1. The van der Waals surface area contributed by atoms with Crippen molar-refractivity contribution in [1.29, 1.82) is 0 Å². The molecule has 1 aliphatic heterocycles. The van der Waals surface area contributed by atoms with E-state index in [1.807, 2.05) is 65.0 Å². The van der Waals surface area contributed by atoms with Gasteiger partial charge in [-0.05, 0) is 106 Å². The standard InChI is InChI=1S/C35H40BFN2O6S/c1-21(22-9-13-25(14-10-22)36-44-34(2,3)35(4,5)45-36)17-18-46(41,42)39-29-20-30-28(19-27(29)23-7-8-23)31(33(40)38-6)32(43-30)24-11-15-26(37)16-12-24/h9-16,19-21,23,39H,7-8,17-18H2,1-6H3,(H,38,40). The molecule has 3 aromatic carbocycles. The molecule has 2 fully saturated rings. The third kappa shape index (κ3) is 6.32. The van der Waals surface area contributed by atoms with Gasteiger partial charge in [0.05, 0.1) is 28.2 Å². The van der Waals surface area contributed by atoms with Crippen LogP contribution in [0.4, 0.5) is 10.1 Å². The van der Waals surface area contributed by atoms with E-state index >= 15 is 0 Å². The number of hydrogen-bond acceptors (Lipinski definition) is 6. The van der Waals surface area contributed by atoms with Gasteiger partial charge in [0.1, 0.15) is 17.2 Å². The summed E-state index contributed by atoms with van der Waals surface area (Å²) < 4.78 is 61.8. The Morgan fingerprint density at radius 3 is 2.22 bits per heavy atom. The molecule has 2 N–H and O–H groups in total. The highest BCUT2D eigenvalue weighted by atomic mass is 32.2. The van der Waals surface area contributed by atoms with Crippen molar-refractivity contribution in [2.75, 3.05) is 17.5 Å². The maximum Gasteiger partial charge on any atom is 0.494 e. The lowest BCUT2D eigenvalue weighted by atomic mass is 9.78. The highest BCUT2D eigenvalue weighted by molar-refractivity contribution is 7.92. The molecule has 1 amide bonds. The smallest absolute Gasteiger partial charge is 0.455 e. The summed E-state index contributed by atoms with van der Waals surface area (Å²) in [5.74, 6) is -0.335. The van der Waals surface area contributed by atoms with E-state index in [4.69, 9.17) is 13.7 Å². The number of rotatable bonds is 10. The molecule has 2 aliphatic rings. The van der Waals surface area contributed by atoms with Gasteiger partial charge in [-0.1, -0.05) is 31.2 Å². The normalized spacial score (nSPS) is 18.1. The topological polar surface area (TPSA) is 107 Å². The van der Waals surface area contributed by atoms with Crippen molar-refractivity contribution >= 4 is 45.2 Å². The summed E-state index contributed by atoms with van der Waals surface area (Å²) >= 11 is 0. The zero-order valence-corrected chi connectivity index (χ0v) is 27.9. The van der Waals surface area contributed by atoms with Crippen LogP contribution in [0.3, 0.4) is 0 Å². The molecule has 0 bridgehead atoms. The quantitative estimate of drug-likeness (QED) is 0.186. The average Bonchev–Trinajstić information content (AvgIpc) is 3.74. The molecule has 4 aromatic rings. The fraction of sp³-hybridized carbons (Fsp3) is 0.400. The van der Waals surface area contributed by atoms with Crippen LogP contribution < -0.4 is 15.5 Å². The SMILES string of the molecule is CNC(=O)c1c(-c2ccc(F)cc2)oc2cc(NS(=O)(=O)CCC(C)c3ccc(B4OC(C)(C)C(C)(C)O4)cc3)c(C3CC3)cc12. The summed E-state index contributed by atoms with van der Waals surface area (Å²) in [5, 5.41) is 3.25. The van der Waals surface area contributed by atoms with Crippen molar-refractivity contribution in [1.82, 2.24) is 5.32 Å². The Labute approximate surface area is 270 Å². The molecule has 0 spiro atoms. The van der Waals surface area contributed by atoms with Crippen molar-refractivity contribution in [3.05, 3.63) is 83.2 Å². The zero-order chi connectivity index (χ0) is 33.0. The minimum atomic E-state index is -3.72. The molecule has 1 aliphatic carbocycles. The first-order valence-corrected chi connectivity index (χ1v) is 17.4. The van der Waals surface area contributed by atoms with E-state index in [-0.39, 0.29) is 23.5 Å². The summed E-state index contributed by atoms with van der Waals surface area (Å²) in [6, 6.07) is 17.2. The number of nitrogens with one attached hydrogen (secondary N) is 2. The van der Waals surface area contributed by atoms with Gasteiger partial charge in [-0.3, -0.25) is 9.52 Å². The highest BCUT2D eigenvalue weighted by Gasteiger charge is 2.51. The second kappa shape index (κ2) is 11.8. The highest BCUT2D eigenvalue weighted by Crippen LogP contribution is 2.47. The van der Waals surface area contributed by atoms with Gasteiger partial charge in [-0.2, -0.15) is 0 Å². The van der Waals surface area contributed by atoms with Crippen molar-refractivity contribution < 1.29 is 31.3 Å². The summed E-state index contributed by atoms with van der Waals surface area (Å²) in [6.45, 7) is 10.1. The van der Waals surface area contributed by atoms with E-state index in [1.54, 1.807) is 18.2 Å². The molecule has 1 aromatic heterocycles. The van der Waals surface area contributed by atoms with Gasteiger partial charge in [0, 0.05) is 24.1 Å². The molecule has 0 radical (unpaired) electrons. The lowest BCUT2D eigenvalue weighted by Gasteiger charge is -2.32. The van der Waals surface area contributed by atoms with Crippen molar-refractivity contribution in [3.63, 3.8) is 0 Å². The minimum absolute atomic E-state index is 0.00670. The van der Waals surface area contributed by atoms with Crippen LogP contribution in [-0.4, -0.2) is 45.4 Å². The largest absolute Gasteiger partial charge is 0.494 e. The first kappa shape index (κ1) is 32.3. The molecular formula is C35H40BFN2O6S. The molecule has 1 saturated carbocycles. The Balaban J connectivity index is 1.20. The van der Waals surface area contributed by atoms with Crippen LogP contribution in [0.2, 0.25) is 0 Å². The summed E-state index contributed by atoms with van der Waals surface area (Å²) in [5.41, 5.74) is 3.63. The first-order valence-electron chi connectivity index (χ1n) is 15.7. The molecule has 11 heteroatoms. The Morgan fingerprint density at radius 1 is 1.00 bits per heavy atom. The lowest BCUT2D eigenvalue weighted by molar-refractivity contribution is 0.00578. The molecular weight excluding hydrogens is 606 g/mol. The second-order valence-electron chi connectivity index (χ2n) is 13.5. The number of carbonyl (C=O) groups excluding carboxylic acids is 1. The third-order valence-electron chi connectivity index (χ3n) is 9.55. The maximum absolute atomic E-state index is 13.6. The predicted octanol–water partition coefficient (Wildman–Crippen LogP) is 6.71. The Kier molecular flexibility index (Phi) is 8.32. The molecule has 242 valence electrons. The minimum Gasteiger partial charge on any atom is -0.455 e. The number of hydrogen-bond donors (Lipinski definition) is 2. The lowest BCUT2D eigenvalue weighted by Crippen LogP contribution is -2.41. The van der Waals surface area contributed by atoms with Gasteiger partial charge in [-0.15, -0.1) is 0 Å². The van der Waals surface area contributed by atoms with E-state index in [0.29, 0.717) is 40.0 Å². The fourth-order valence-corrected chi connectivity index (χ4v) is 7.09. The van der Waals surface area contributed by atoms with E-state index < -0.39 is 34.2 Å². The van der Waals surface area contributed by atoms with E-state index in [0.717, 1.165) is 29.4 Å². The fourth-order valence-electron chi connectivity index (χ4n) is 5.81. The molecule has 1 unspecified atom stereocenters. The summed E-state index contributed by atoms with van der Waals surface area (Å²) in [6.07, 6.45) is 2.27. The van der Waals surface area contributed by atoms with Gasteiger partial charge in [-0.25, -0.2) is 12.8 Å². The number of amides is 1. The number of carbonyl (C=O) groups is 1. The third-order valence-corrected chi connectivity index (χ3v) is 10.9. The number of sulfonamides is 1. The molecule has 1 atom stereocenters. The molecule has 6 rings (SSSR count). The van der Waals surface area contributed by atoms with Crippen molar-refractivity contribution in [2.45, 2.75) is 76.9 Å². The number of benzene rings is 3. The Hall–Kier alpha value is -3.67. The average molecular weight is 647 g/mol. The molecule has 1 saturated heterocycles. The van der Waals surface area contributed by atoms with E-state index in [1.165, 1.54) is 19.2 Å². The van der Waals surface area contributed by atoms with Crippen LogP contribution in [0.5, 0.6) is 0 Å². The van der Waals surface area contributed by atoms with Crippen molar-refractivity contribution in [3.8, 4) is 11.3 Å². The monoisotopic (exact) mass is 646 g/mol. The summed E-state index contributed by atoms with van der Waals surface area (Å²) in [4.78, 5) is 13.0. The van der Waals surface area contributed by atoms with Gasteiger partial charge >= 0.3 is 7.12 Å². The van der Waals surface area contributed by atoms with Gasteiger partial charge in [0.25, 0.3) is 5.91 Å². The van der Waals surface area contributed by atoms with E-state index in [2.05, 4.69) is 10.0 Å². The predicted molar refractivity (Wildman–Crippen MR) is 180 cm³/mol. The Bertz CT molecular complexity index is 1870. The number of halogens is 1. The second-order valence-corrected chi connectivity index (χ2v) is 15.3. The molecule has 46 heavy (non-hydrogen) atoms.